The first-order valence-corrected chi connectivity index (χ1v) is 11.4. The summed E-state index contributed by atoms with van der Waals surface area (Å²) in [6.45, 7) is 7.57. The standard InChI is InChI=1S/C23H33N5O5/c1-4-27-9-11-28(12-10-27)23(32)18-15-20(29)24-16(2)22(31)26(3)13-14-33-19-8-6-5-7-17(19)21(30)25-18/h5-8,16,18H,4,9-15H2,1-3H3,(H,24,29)(H,25,30)/t16-,18-/m0/s1. The van der Waals surface area contributed by atoms with Crippen molar-refractivity contribution in [3.8, 4) is 5.75 Å². The number of nitrogens with zero attached hydrogens (tertiary/aromatic N) is 3. The lowest BCUT2D eigenvalue weighted by molar-refractivity contribution is -0.138. The van der Waals surface area contributed by atoms with E-state index in [0.717, 1.165) is 19.6 Å². The Morgan fingerprint density at radius 2 is 1.76 bits per heavy atom. The fourth-order valence-electron chi connectivity index (χ4n) is 4.00. The molecule has 1 aromatic rings. The van der Waals surface area contributed by atoms with E-state index in [4.69, 9.17) is 4.74 Å². The van der Waals surface area contributed by atoms with Gasteiger partial charge >= 0.3 is 0 Å². The molecular formula is C23H33N5O5. The van der Waals surface area contributed by atoms with Gasteiger partial charge < -0.3 is 30.1 Å². The second-order valence-electron chi connectivity index (χ2n) is 8.38. The van der Waals surface area contributed by atoms with E-state index < -0.39 is 23.9 Å². The van der Waals surface area contributed by atoms with Crippen LogP contribution >= 0.6 is 0 Å². The molecule has 2 aliphatic rings. The molecule has 0 radical (unpaired) electrons. The molecule has 0 spiro atoms. The molecule has 0 aromatic heterocycles. The molecule has 1 aromatic carbocycles. The second kappa shape index (κ2) is 11.1. The number of amides is 4. The van der Waals surface area contributed by atoms with Gasteiger partial charge in [0.05, 0.1) is 18.5 Å². The molecular weight excluding hydrogens is 426 g/mol. The van der Waals surface area contributed by atoms with Gasteiger partial charge in [-0.25, -0.2) is 0 Å². The highest BCUT2D eigenvalue weighted by Crippen LogP contribution is 2.19. The van der Waals surface area contributed by atoms with Gasteiger partial charge in [-0.15, -0.1) is 0 Å². The average molecular weight is 460 g/mol. The summed E-state index contributed by atoms with van der Waals surface area (Å²) in [6.07, 6.45) is -0.261. The van der Waals surface area contributed by atoms with E-state index in [-0.39, 0.29) is 30.4 Å². The van der Waals surface area contributed by atoms with Crippen LogP contribution in [0.15, 0.2) is 24.3 Å². The maximum atomic E-state index is 13.3. The van der Waals surface area contributed by atoms with Crippen LogP contribution in [-0.2, 0) is 14.4 Å². The third kappa shape index (κ3) is 6.22. The lowest BCUT2D eigenvalue weighted by Gasteiger charge is -2.36. The summed E-state index contributed by atoms with van der Waals surface area (Å²) in [4.78, 5) is 57.1. The van der Waals surface area contributed by atoms with Crippen LogP contribution in [0, 0.1) is 0 Å². The van der Waals surface area contributed by atoms with Gasteiger partial charge in [0.1, 0.15) is 24.4 Å². The number of hydrogen-bond donors (Lipinski definition) is 2. The van der Waals surface area contributed by atoms with Crippen molar-refractivity contribution in [2.75, 3.05) is 52.9 Å². The molecule has 4 amide bonds. The van der Waals surface area contributed by atoms with Crippen molar-refractivity contribution in [1.29, 1.82) is 0 Å². The summed E-state index contributed by atoms with van der Waals surface area (Å²) in [5.74, 6) is -1.18. The maximum Gasteiger partial charge on any atom is 0.255 e. The summed E-state index contributed by atoms with van der Waals surface area (Å²) in [7, 11) is 1.63. The van der Waals surface area contributed by atoms with E-state index in [2.05, 4.69) is 22.5 Å². The zero-order valence-electron chi connectivity index (χ0n) is 19.5. The van der Waals surface area contributed by atoms with Crippen molar-refractivity contribution >= 4 is 23.6 Å². The Bertz CT molecular complexity index is 884. The van der Waals surface area contributed by atoms with E-state index >= 15 is 0 Å². The van der Waals surface area contributed by atoms with Crippen molar-refractivity contribution in [1.82, 2.24) is 25.3 Å². The smallest absolute Gasteiger partial charge is 0.255 e. The summed E-state index contributed by atoms with van der Waals surface area (Å²) in [5, 5.41) is 5.39. The van der Waals surface area contributed by atoms with Gasteiger partial charge in [-0.05, 0) is 25.6 Å². The summed E-state index contributed by atoms with van der Waals surface area (Å²) < 4.78 is 5.77. The molecule has 1 saturated heterocycles. The number of para-hydroxylation sites is 1. The van der Waals surface area contributed by atoms with Gasteiger partial charge in [0.2, 0.25) is 17.7 Å². The van der Waals surface area contributed by atoms with Gasteiger partial charge in [-0.3, -0.25) is 19.2 Å². The van der Waals surface area contributed by atoms with Gasteiger partial charge in [0, 0.05) is 33.2 Å². The molecule has 0 saturated carbocycles. The van der Waals surface area contributed by atoms with E-state index in [9.17, 15) is 19.2 Å². The summed E-state index contributed by atoms with van der Waals surface area (Å²) >= 11 is 0. The van der Waals surface area contributed by atoms with Crippen molar-refractivity contribution in [3.63, 3.8) is 0 Å². The van der Waals surface area contributed by atoms with Crippen molar-refractivity contribution in [2.45, 2.75) is 32.4 Å². The topological polar surface area (TPSA) is 111 Å². The van der Waals surface area contributed by atoms with Crippen LogP contribution in [0.4, 0.5) is 0 Å². The largest absolute Gasteiger partial charge is 0.491 e. The third-order valence-electron chi connectivity index (χ3n) is 6.06. The Balaban J connectivity index is 1.85. The molecule has 0 unspecified atom stereocenters. The molecule has 2 heterocycles. The minimum Gasteiger partial charge on any atom is -0.491 e. The molecule has 10 nitrogen and oxygen atoms in total. The predicted octanol–water partition coefficient (Wildman–Crippen LogP) is -0.305. The molecule has 2 aliphatic heterocycles. The average Bonchev–Trinajstić information content (AvgIpc) is 2.82. The molecule has 2 N–H and O–H groups in total. The van der Waals surface area contributed by atoms with Gasteiger partial charge in [0.25, 0.3) is 5.91 Å². The quantitative estimate of drug-likeness (QED) is 0.628. The van der Waals surface area contributed by atoms with E-state index in [0.29, 0.717) is 25.4 Å². The Morgan fingerprint density at radius 1 is 1.06 bits per heavy atom. The number of carbonyl (C=O) groups excluding carboxylic acids is 4. The van der Waals surface area contributed by atoms with Crippen LogP contribution in [0.5, 0.6) is 5.75 Å². The van der Waals surface area contributed by atoms with Crippen molar-refractivity contribution < 1.29 is 23.9 Å². The third-order valence-corrected chi connectivity index (χ3v) is 6.06. The lowest BCUT2D eigenvalue weighted by atomic mass is 10.1. The molecule has 180 valence electrons. The first kappa shape index (κ1) is 24.5. The number of hydrogen-bond acceptors (Lipinski definition) is 6. The normalized spacial score (nSPS) is 23.7. The van der Waals surface area contributed by atoms with Crippen LogP contribution in [-0.4, -0.2) is 103 Å². The fraction of sp³-hybridized carbons (Fsp3) is 0.565. The van der Waals surface area contributed by atoms with Crippen LogP contribution in [0.1, 0.15) is 30.6 Å². The number of piperazine rings is 1. The first-order chi connectivity index (χ1) is 15.8. The molecule has 3 rings (SSSR count). The van der Waals surface area contributed by atoms with Gasteiger partial charge in [0.15, 0.2) is 0 Å². The molecule has 0 bridgehead atoms. The minimum atomic E-state index is -1.05. The summed E-state index contributed by atoms with van der Waals surface area (Å²) in [6, 6.07) is 4.90. The van der Waals surface area contributed by atoms with E-state index in [1.807, 2.05) is 0 Å². The molecule has 10 heteroatoms. The zero-order valence-corrected chi connectivity index (χ0v) is 19.5. The Morgan fingerprint density at radius 3 is 2.45 bits per heavy atom. The number of nitrogens with one attached hydrogen (secondary N) is 2. The number of benzene rings is 1. The Kier molecular flexibility index (Phi) is 8.26. The highest BCUT2D eigenvalue weighted by molar-refractivity contribution is 6.01. The fourth-order valence-corrected chi connectivity index (χ4v) is 4.00. The van der Waals surface area contributed by atoms with Crippen molar-refractivity contribution in [2.24, 2.45) is 0 Å². The highest BCUT2D eigenvalue weighted by Gasteiger charge is 2.32. The number of carbonyl (C=O) groups is 4. The molecule has 0 aliphatic carbocycles. The zero-order chi connectivity index (χ0) is 24.0. The molecule has 33 heavy (non-hydrogen) atoms. The van der Waals surface area contributed by atoms with E-state index in [1.165, 1.54) is 4.90 Å². The lowest BCUT2D eigenvalue weighted by Crippen LogP contribution is -2.56. The maximum absolute atomic E-state index is 13.3. The van der Waals surface area contributed by atoms with Crippen LogP contribution < -0.4 is 15.4 Å². The highest BCUT2D eigenvalue weighted by atomic mass is 16.5. The number of ether oxygens (including phenoxy) is 1. The SMILES string of the molecule is CCN1CCN(C(=O)[C@@H]2CC(=O)N[C@@H](C)C(=O)N(C)CCOc3ccccc3C(=O)N2)CC1. The number of rotatable bonds is 2. The van der Waals surface area contributed by atoms with Crippen LogP contribution in [0.25, 0.3) is 0 Å². The number of likely N-dealkylation sites (N-methyl/N-ethyl adjacent to an activating group) is 2. The monoisotopic (exact) mass is 459 g/mol. The van der Waals surface area contributed by atoms with E-state index in [1.54, 1.807) is 43.1 Å². The second-order valence-corrected chi connectivity index (χ2v) is 8.38. The van der Waals surface area contributed by atoms with Crippen molar-refractivity contribution in [3.05, 3.63) is 29.8 Å². The van der Waals surface area contributed by atoms with Gasteiger partial charge in [-0.1, -0.05) is 19.1 Å². The Hall–Kier alpha value is -3.14. The minimum absolute atomic E-state index is 0.178. The molecule has 1 fully saturated rings. The summed E-state index contributed by atoms with van der Waals surface area (Å²) in [5.41, 5.74) is 0.269. The Labute approximate surface area is 194 Å². The number of fused-ring (bicyclic) bond motifs is 1. The molecule has 2 atom stereocenters. The van der Waals surface area contributed by atoms with Gasteiger partial charge in [-0.2, -0.15) is 0 Å². The van der Waals surface area contributed by atoms with Crippen LogP contribution in [0.3, 0.4) is 0 Å². The van der Waals surface area contributed by atoms with Crippen LogP contribution in [0.2, 0.25) is 0 Å². The predicted molar refractivity (Wildman–Crippen MR) is 122 cm³/mol. The first-order valence-electron chi connectivity index (χ1n) is 11.4.